The van der Waals surface area contributed by atoms with E-state index in [4.69, 9.17) is 0 Å². The summed E-state index contributed by atoms with van der Waals surface area (Å²) in [5, 5.41) is 11.8. The van der Waals surface area contributed by atoms with Crippen molar-refractivity contribution in [2.24, 2.45) is 0 Å². The van der Waals surface area contributed by atoms with E-state index < -0.39 is 8.07 Å². The lowest BCUT2D eigenvalue weighted by molar-refractivity contribution is 0.150. The average Bonchev–Trinajstić information content (AvgIpc) is 2.65. The van der Waals surface area contributed by atoms with Gasteiger partial charge in [-0.15, -0.1) is 47.0 Å². The summed E-state index contributed by atoms with van der Waals surface area (Å²) in [4.78, 5) is 0. The molecule has 2 aliphatic heterocycles. The molecule has 172 valence electrons. The van der Waals surface area contributed by atoms with Gasteiger partial charge in [0.1, 0.15) is 0 Å². The number of thioether (sulfide) groups is 4. The monoisotopic (exact) mass is 494 g/mol. The summed E-state index contributed by atoms with van der Waals surface area (Å²) in [5.41, 5.74) is 0. The van der Waals surface area contributed by atoms with Gasteiger partial charge in [0, 0.05) is 0 Å². The topological polar surface area (TPSA) is 20.2 Å². The zero-order chi connectivity index (χ0) is 21.6. The Balaban J connectivity index is 2.11. The van der Waals surface area contributed by atoms with Gasteiger partial charge in [-0.3, -0.25) is 0 Å². The van der Waals surface area contributed by atoms with Gasteiger partial charge in [-0.1, -0.05) is 66.5 Å². The summed E-state index contributed by atoms with van der Waals surface area (Å²) in [6, 6.07) is 0. The molecular formula is C23H46OS4Si. The number of hydrogen-bond donors (Lipinski definition) is 1. The Morgan fingerprint density at radius 3 is 1.93 bits per heavy atom. The Morgan fingerprint density at radius 1 is 0.862 bits per heavy atom. The highest BCUT2D eigenvalue weighted by molar-refractivity contribution is 8.21. The molecule has 0 aromatic carbocycles. The van der Waals surface area contributed by atoms with Crippen LogP contribution in [0.1, 0.15) is 85.5 Å². The quantitative estimate of drug-likeness (QED) is 0.243. The Hall–Kier alpha value is 1.58. The minimum Gasteiger partial charge on any atom is -0.393 e. The second-order valence-corrected chi connectivity index (χ2v) is 23.1. The van der Waals surface area contributed by atoms with Crippen LogP contribution < -0.4 is 0 Å². The standard InChI is InChI=1S/C23H46OS4Si/c1-7-8-9-10-13-22(25-14-11-15-26-22)18-20(24)19-23(27-16-12-17-28-23)29(5,6)21(2,3)4/h20,24H,7-19H2,1-6H3/t20-/m0/s1. The maximum Gasteiger partial charge on any atom is 0.0836 e. The van der Waals surface area contributed by atoms with Crippen LogP contribution in [-0.2, 0) is 0 Å². The third-order valence-electron chi connectivity index (χ3n) is 7.27. The van der Waals surface area contributed by atoms with Crippen molar-refractivity contribution in [1.29, 1.82) is 0 Å². The normalized spacial score (nSPS) is 23.7. The highest BCUT2D eigenvalue weighted by Crippen LogP contribution is 2.59. The van der Waals surface area contributed by atoms with Crippen LogP contribution in [0.3, 0.4) is 0 Å². The van der Waals surface area contributed by atoms with E-state index in [2.05, 4.69) is 87.8 Å². The molecule has 2 aliphatic rings. The Morgan fingerprint density at radius 2 is 1.41 bits per heavy atom. The molecular weight excluding hydrogens is 449 g/mol. The van der Waals surface area contributed by atoms with Crippen LogP contribution in [0.5, 0.6) is 0 Å². The smallest absolute Gasteiger partial charge is 0.0836 e. The van der Waals surface area contributed by atoms with E-state index in [0.29, 0.717) is 5.04 Å². The van der Waals surface area contributed by atoms with Crippen molar-refractivity contribution in [2.75, 3.05) is 23.0 Å². The molecule has 0 unspecified atom stereocenters. The fraction of sp³-hybridized carbons (Fsp3) is 1.00. The van der Waals surface area contributed by atoms with Crippen LogP contribution in [0, 0.1) is 0 Å². The molecule has 0 aromatic heterocycles. The van der Waals surface area contributed by atoms with Gasteiger partial charge < -0.3 is 5.11 Å². The van der Waals surface area contributed by atoms with Gasteiger partial charge in [-0.2, -0.15) is 0 Å². The van der Waals surface area contributed by atoms with E-state index in [0.717, 1.165) is 12.8 Å². The number of hydrogen-bond acceptors (Lipinski definition) is 5. The van der Waals surface area contributed by atoms with Crippen LogP contribution in [-0.4, -0.2) is 50.1 Å². The first-order chi connectivity index (χ1) is 13.6. The molecule has 0 aliphatic carbocycles. The van der Waals surface area contributed by atoms with Gasteiger partial charge in [-0.05, 0) is 60.2 Å². The first-order valence-electron chi connectivity index (χ1n) is 11.8. The molecule has 0 radical (unpaired) electrons. The van der Waals surface area contributed by atoms with Crippen LogP contribution in [0.2, 0.25) is 18.1 Å². The zero-order valence-electron chi connectivity index (χ0n) is 19.8. The Kier molecular flexibility index (Phi) is 10.8. The number of aliphatic hydroxyl groups is 1. The van der Waals surface area contributed by atoms with Crippen molar-refractivity contribution >= 4 is 55.1 Å². The molecule has 29 heavy (non-hydrogen) atoms. The molecule has 0 aromatic rings. The van der Waals surface area contributed by atoms with Crippen LogP contribution in [0.4, 0.5) is 0 Å². The maximum absolute atomic E-state index is 11.5. The van der Waals surface area contributed by atoms with E-state index in [1.54, 1.807) is 0 Å². The summed E-state index contributed by atoms with van der Waals surface area (Å²) in [7, 11) is -1.59. The predicted octanol–water partition coefficient (Wildman–Crippen LogP) is 8.28. The van der Waals surface area contributed by atoms with Crippen molar-refractivity contribution in [2.45, 2.75) is 117 Å². The second-order valence-electron chi connectivity index (χ2n) is 10.5. The number of rotatable bonds is 10. The van der Waals surface area contributed by atoms with Crippen LogP contribution in [0.15, 0.2) is 0 Å². The van der Waals surface area contributed by atoms with Crippen molar-refractivity contribution in [3.8, 4) is 0 Å². The van der Waals surface area contributed by atoms with E-state index in [-0.39, 0.29) is 13.9 Å². The lowest BCUT2D eigenvalue weighted by atomic mass is 10.0. The fourth-order valence-electron chi connectivity index (χ4n) is 4.42. The summed E-state index contributed by atoms with van der Waals surface area (Å²) >= 11 is 8.76. The van der Waals surface area contributed by atoms with Gasteiger partial charge >= 0.3 is 0 Å². The molecule has 6 heteroatoms. The molecule has 1 nitrogen and oxygen atoms in total. The third-order valence-corrected chi connectivity index (χ3v) is 23.5. The maximum atomic E-state index is 11.5. The minimum atomic E-state index is -1.59. The van der Waals surface area contributed by atoms with Gasteiger partial charge in [0.05, 0.1) is 22.0 Å². The molecule has 0 spiro atoms. The van der Waals surface area contributed by atoms with E-state index in [9.17, 15) is 5.11 Å². The van der Waals surface area contributed by atoms with Crippen LogP contribution in [0.25, 0.3) is 0 Å². The predicted molar refractivity (Wildman–Crippen MR) is 146 cm³/mol. The van der Waals surface area contributed by atoms with Crippen molar-refractivity contribution in [1.82, 2.24) is 0 Å². The van der Waals surface area contributed by atoms with Gasteiger partial charge in [0.2, 0.25) is 0 Å². The Bertz CT molecular complexity index is 480. The highest BCUT2D eigenvalue weighted by Gasteiger charge is 2.55. The summed E-state index contributed by atoms with van der Waals surface area (Å²) in [6.45, 7) is 14.8. The van der Waals surface area contributed by atoms with Crippen molar-refractivity contribution in [3.05, 3.63) is 0 Å². The molecule has 0 bridgehead atoms. The highest BCUT2D eigenvalue weighted by atomic mass is 32.2. The van der Waals surface area contributed by atoms with Gasteiger partial charge in [0.15, 0.2) is 0 Å². The third kappa shape index (κ3) is 7.03. The molecule has 0 amide bonds. The SMILES string of the molecule is CCCCCCC1(C[C@H](O)CC2([Si](C)(C)C(C)(C)C)SCCCS2)SCCCS1. The zero-order valence-corrected chi connectivity index (χ0v) is 24.1. The summed E-state index contributed by atoms with van der Waals surface area (Å²) < 4.78 is 0.528. The fourth-order valence-corrected chi connectivity index (χ4v) is 18.1. The molecule has 1 atom stereocenters. The van der Waals surface area contributed by atoms with Gasteiger partial charge in [0.25, 0.3) is 0 Å². The van der Waals surface area contributed by atoms with Crippen LogP contribution >= 0.6 is 47.0 Å². The van der Waals surface area contributed by atoms with Gasteiger partial charge in [-0.25, -0.2) is 0 Å². The lowest BCUT2D eigenvalue weighted by Gasteiger charge is -2.54. The first-order valence-corrected chi connectivity index (χ1v) is 18.8. The summed E-state index contributed by atoms with van der Waals surface area (Å²) in [5.74, 6) is 5.12. The molecule has 2 saturated heterocycles. The molecule has 0 saturated carbocycles. The number of unbranched alkanes of at least 4 members (excludes halogenated alkanes) is 3. The van der Waals surface area contributed by atoms with Crippen molar-refractivity contribution in [3.63, 3.8) is 0 Å². The molecule has 1 N–H and O–H groups in total. The average molecular weight is 495 g/mol. The summed E-state index contributed by atoms with van der Waals surface area (Å²) in [6.07, 6.45) is 11.1. The molecule has 2 rings (SSSR count). The van der Waals surface area contributed by atoms with Crippen molar-refractivity contribution < 1.29 is 5.11 Å². The minimum absolute atomic E-state index is 0.161. The lowest BCUT2D eigenvalue weighted by Crippen LogP contribution is -2.58. The van der Waals surface area contributed by atoms with E-state index >= 15 is 0 Å². The second kappa shape index (κ2) is 11.6. The Labute approximate surface area is 199 Å². The molecule has 2 heterocycles. The first kappa shape index (κ1) is 26.8. The van der Waals surface area contributed by atoms with E-state index in [1.165, 1.54) is 68.0 Å². The number of aliphatic hydroxyl groups excluding tert-OH is 1. The van der Waals surface area contributed by atoms with E-state index in [1.807, 2.05) is 0 Å². The molecule has 2 fully saturated rings. The largest absolute Gasteiger partial charge is 0.393 e.